The van der Waals surface area contributed by atoms with Crippen molar-refractivity contribution in [2.45, 2.75) is 64.5 Å². The van der Waals surface area contributed by atoms with Crippen molar-refractivity contribution in [1.29, 1.82) is 0 Å². The maximum absolute atomic E-state index is 13.3. The van der Waals surface area contributed by atoms with Crippen molar-refractivity contribution >= 4 is 11.7 Å². The Hall–Kier alpha value is -2.76. The monoisotopic (exact) mass is 375 g/mol. The third-order valence-corrected chi connectivity index (χ3v) is 6.24. The molecule has 6 heteroatoms. The van der Waals surface area contributed by atoms with Crippen molar-refractivity contribution in [3.63, 3.8) is 0 Å². The maximum Gasteiger partial charge on any atom is 0.252 e. The number of fused-ring (bicyclic) bond motifs is 2. The number of carbonyl (C=O) groups excluding carboxylic acids is 1. The van der Waals surface area contributed by atoms with Gasteiger partial charge in [-0.05, 0) is 62.6 Å². The highest BCUT2D eigenvalue weighted by atomic mass is 16.2. The van der Waals surface area contributed by atoms with E-state index in [9.17, 15) is 4.79 Å². The third kappa shape index (κ3) is 2.87. The van der Waals surface area contributed by atoms with Crippen LogP contribution in [-0.4, -0.2) is 36.4 Å². The molecule has 0 unspecified atom stereocenters. The molecule has 28 heavy (non-hydrogen) atoms. The lowest BCUT2D eigenvalue weighted by molar-refractivity contribution is -0.134. The quantitative estimate of drug-likeness (QED) is 0.686. The molecule has 144 valence electrons. The van der Waals surface area contributed by atoms with E-state index in [2.05, 4.69) is 44.2 Å². The van der Waals surface area contributed by atoms with Crippen molar-refractivity contribution in [3.05, 3.63) is 58.7 Å². The second kappa shape index (κ2) is 6.69. The molecule has 0 saturated heterocycles. The Morgan fingerprint density at radius 1 is 1.21 bits per heavy atom. The molecule has 2 aliphatic rings. The number of hydrogen-bond acceptors (Lipinski definition) is 4. The fourth-order valence-electron chi connectivity index (χ4n) is 4.69. The number of benzene rings is 1. The Bertz CT molecular complexity index is 1050. The molecular formula is C22H25N5O. The van der Waals surface area contributed by atoms with Crippen molar-refractivity contribution < 1.29 is 4.79 Å². The van der Waals surface area contributed by atoms with E-state index >= 15 is 0 Å². The van der Waals surface area contributed by atoms with Gasteiger partial charge in [0.05, 0.1) is 6.04 Å². The summed E-state index contributed by atoms with van der Waals surface area (Å²) in [5.41, 5.74) is 5.82. The Balaban J connectivity index is 1.37. The number of aryl methyl sites for hydroxylation is 3. The van der Waals surface area contributed by atoms with Crippen molar-refractivity contribution in [2.75, 3.05) is 0 Å². The first-order valence-corrected chi connectivity index (χ1v) is 10.2. The predicted octanol–water partition coefficient (Wildman–Crippen LogP) is 3.35. The van der Waals surface area contributed by atoms with Gasteiger partial charge in [-0.2, -0.15) is 10.1 Å². The van der Waals surface area contributed by atoms with E-state index in [-0.39, 0.29) is 11.9 Å². The third-order valence-electron chi connectivity index (χ3n) is 6.24. The first-order chi connectivity index (χ1) is 13.6. The molecule has 3 aromatic rings. The summed E-state index contributed by atoms with van der Waals surface area (Å²) in [5, 5.41) is 4.26. The number of carbonyl (C=O) groups is 1. The molecule has 6 nitrogen and oxygen atoms in total. The van der Waals surface area contributed by atoms with Gasteiger partial charge < -0.3 is 4.90 Å². The standard InChI is InChI=1S/C22H25N5O/c1-14-18(15(2)27-22(25-14)23-13-24-27)10-12-21(28)26(17-8-9-17)20-11-7-16-5-3-4-6-19(16)20/h3-6,13,17,20H,7-12H2,1-2H3/t20-/m0/s1. The summed E-state index contributed by atoms with van der Waals surface area (Å²) in [6.07, 6.45) is 7.12. The first kappa shape index (κ1) is 17.3. The van der Waals surface area contributed by atoms with Gasteiger partial charge in [0.1, 0.15) is 6.33 Å². The summed E-state index contributed by atoms with van der Waals surface area (Å²) >= 11 is 0. The van der Waals surface area contributed by atoms with Crippen LogP contribution in [0.1, 0.15) is 59.8 Å². The van der Waals surface area contributed by atoms with Gasteiger partial charge in [-0.25, -0.2) is 9.50 Å². The lowest BCUT2D eigenvalue weighted by atomic mass is 10.0. The fourth-order valence-corrected chi connectivity index (χ4v) is 4.69. The van der Waals surface area contributed by atoms with Gasteiger partial charge in [-0.3, -0.25) is 4.79 Å². The van der Waals surface area contributed by atoms with Crippen LogP contribution in [0.4, 0.5) is 0 Å². The fraction of sp³-hybridized carbons (Fsp3) is 0.455. The van der Waals surface area contributed by atoms with Gasteiger partial charge in [-0.1, -0.05) is 24.3 Å². The molecular weight excluding hydrogens is 350 g/mol. The van der Waals surface area contributed by atoms with Crippen LogP contribution in [0.25, 0.3) is 5.78 Å². The highest BCUT2D eigenvalue weighted by Gasteiger charge is 2.40. The maximum atomic E-state index is 13.3. The molecule has 1 atom stereocenters. The van der Waals surface area contributed by atoms with Gasteiger partial charge in [0.15, 0.2) is 0 Å². The summed E-state index contributed by atoms with van der Waals surface area (Å²) in [7, 11) is 0. The molecule has 1 aromatic carbocycles. The molecule has 1 amide bonds. The Kier molecular flexibility index (Phi) is 4.14. The Labute approximate surface area is 164 Å². The van der Waals surface area contributed by atoms with E-state index in [0.29, 0.717) is 24.7 Å². The molecule has 1 saturated carbocycles. The molecule has 5 rings (SSSR count). The minimum Gasteiger partial charge on any atom is -0.333 e. The number of hydrogen-bond donors (Lipinski definition) is 0. The average Bonchev–Trinajstić information content (AvgIpc) is 3.25. The summed E-state index contributed by atoms with van der Waals surface area (Å²) in [5.74, 6) is 0.883. The van der Waals surface area contributed by atoms with Gasteiger partial charge in [0.25, 0.3) is 5.78 Å². The zero-order valence-corrected chi connectivity index (χ0v) is 16.4. The molecule has 2 heterocycles. The summed E-state index contributed by atoms with van der Waals surface area (Å²) in [6.45, 7) is 4.02. The zero-order valence-electron chi connectivity index (χ0n) is 16.4. The Morgan fingerprint density at radius 3 is 2.86 bits per heavy atom. The van der Waals surface area contributed by atoms with Crippen molar-refractivity contribution in [3.8, 4) is 0 Å². The van der Waals surface area contributed by atoms with Crippen LogP contribution in [0.5, 0.6) is 0 Å². The second-order valence-corrected chi connectivity index (χ2v) is 8.02. The lowest BCUT2D eigenvalue weighted by Gasteiger charge is -2.30. The molecule has 0 N–H and O–H groups in total. The lowest BCUT2D eigenvalue weighted by Crippen LogP contribution is -2.36. The molecule has 2 aromatic heterocycles. The van der Waals surface area contributed by atoms with Gasteiger partial charge >= 0.3 is 0 Å². The SMILES string of the molecule is Cc1nc2ncnn2c(C)c1CCC(=O)N(C1CC1)[C@H]1CCc2ccccc21. The average molecular weight is 375 g/mol. The van der Waals surface area contributed by atoms with E-state index in [1.54, 1.807) is 4.52 Å². The topological polar surface area (TPSA) is 63.4 Å². The first-order valence-electron chi connectivity index (χ1n) is 10.2. The highest BCUT2D eigenvalue weighted by molar-refractivity contribution is 5.78. The predicted molar refractivity (Wildman–Crippen MR) is 106 cm³/mol. The van der Waals surface area contributed by atoms with E-state index < -0.39 is 0 Å². The minimum absolute atomic E-state index is 0.245. The summed E-state index contributed by atoms with van der Waals surface area (Å²) < 4.78 is 1.76. The molecule has 1 fully saturated rings. The van der Waals surface area contributed by atoms with Crippen LogP contribution < -0.4 is 0 Å². The van der Waals surface area contributed by atoms with Crippen LogP contribution in [0.3, 0.4) is 0 Å². The van der Waals surface area contributed by atoms with Crippen LogP contribution in [0.15, 0.2) is 30.6 Å². The molecule has 0 radical (unpaired) electrons. The van der Waals surface area contributed by atoms with E-state index in [4.69, 9.17) is 0 Å². The molecule has 0 bridgehead atoms. The molecule has 2 aliphatic carbocycles. The van der Waals surface area contributed by atoms with Gasteiger partial charge in [0, 0.05) is 23.9 Å². The summed E-state index contributed by atoms with van der Waals surface area (Å²) in [6, 6.07) is 9.27. The Morgan fingerprint density at radius 2 is 2.04 bits per heavy atom. The van der Waals surface area contributed by atoms with Crippen molar-refractivity contribution in [2.24, 2.45) is 0 Å². The number of rotatable bonds is 5. The van der Waals surface area contributed by atoms with E-state index in [0.717, 1.165) is 42.6 Å². The van der Waals surface area contributed by atoms with Crippen molar-refractivity contribution in [1.82, 2.24) is 24.5 Å². The van der Waals surface area contributed by atoms with Crippen LogP contribution in [0, 0.1) is 13.8 Å². The number of nitrogens with zero attached hydrogens (tertiary/aromatic N) is 5. The second-order valence-electron chi connectivity index (χ2n) is 8.02. The molecule has 0 aliphatic heterocycles. The smallest absolute Gasteiger partial charge is 0.252 e. The van der Waals surface area contributed by atoms with Crippen LogP contribution in [0.2, 0.25) is 0 Å². The largest absolute Gasteiger partial charge is 0.333 e. The van der Waals surface area contributed by atoms with E-state index in [1.165, 1.54) is 17.5 Å². The molecule has 0 spiro atoms. The van der Waals surface area contributed by atoms with E-state index in [1.807, 2.05) is 13.8 Å². The zero-order chi connectivity index (χ0) is 19.3. The number of amides is 1. The van der Waals surface area contributed by atoms with Crippen LogP contribution >= 0.6 is 0 Å². The summed E-state index contributed by atoms with van der Waals surface area (Å²) in [4.78, 5) is 24.2. The minimum atomic E-state index is 0.245. The van der Waals surface area contributed by atoms with Gasteiger partial charge in [-0.15, -0.1) is 0 Å². The van der Waals surface area contributed by atoms with Crippen LogP contribution in [-0.2, 0) is 17.6 Å². The normalized spacial score (nSPS) is 18.4. The van der Waals surface area contributed by atoms with Gasteiger partial charge in [0.2, 0.25) is 5.91 Å². The highest BCUT2D eigenvalue weighted by Crippen LogP contribution is 2.42. The number of aromatic nitrogens is 4.